The number of aryl methyl sites for hydroxylation is 1. The summed E-state index contributed by atoms with van der Waals surface area (Å²) in [5.74, 6) is -0.817. The summed E-state index contributed by atoms with van der Waals surface area (Å²) in [6.07, 6.45) is 8.08. The molecule has 3 unspecified atom stereocenters. The number of fused-ring (bicyclic) bond motifs is 3. The molecular formula is C37H38BrN9O6. The van der Waals surface area contributed by atoms with Crippen molar-refractivity contribution in [3.63, 3.8) is 0 Å². The van der Waals surface area contributed by atoms with Gasteiger partial charge in [-0.15, -0.1) is 0 Å². The number of nitrogens with one attached hydrogen (secondary N) is 3. The summed E-state index contributed by atoms with van der Waals surface area (Å²) in [6, 6.07) is 7.00. The molecule has 2 fully saturated rings. The highest BCUT2D eigenvalue weighted by Crippen LogP contribution is 2.59. The van der Waals surface area contributed by atoms with Crippen LogP contribution in [-0.4, -0.2) is 90.3 Å². The minimum Gasteiger partial charge on any atom is -0.373 e. The van der Waals surface area contributed by atoms with E-state index >= 15 is 0 Å². The third-order valence-electron chi connectivity index (χ3n) is 10.00. The van der Waals surface area contributed by atoms with E-state index in [4.69, 9.17) is 4.74 Å². The molecule has 3 N–H and O–H groups in total. The van der Waals surface area contributed by atoms with Crippen molar-refractivity contribution in [2.75, 3.05) is 18.5 Å². The van der Waals surface area contributed by atoms with Crippen molar-refractivity contribution in [2.24, 2.45) is 5.41 Å². The molecule has 1 saturated heterocycles. The van der Waals surface area contributed by atoms with Gasteiger partial charge >= 0.3 is 0 Å². The van der Waals surface area contributed by atoms with Gasteiger partial charge in [0.25, 0.3) is 0 Å². The van der Waals surface area contributed by atoms with Crippen LogP contribution in [0, 0.1) is 12.3 Å². The number of carbonyl (C=O) groups is 5. The average Bonchev–Trinajstić information content (AvgIpc) is 3.54. The van der Waals surface area contributed by atoms with Gasteiger partial charge in [0, 0.05) is 60.8 Å². The van der Waals surface area contributed by atoms with E-state index in [1.165, 1.54) is 18.5 Å². The first-order chi connectivity index (χ1) is 25.4. The lowest BCUT2D eigenvalue weighted by Crippen LogP contribution is -2.47. The van der Waals surface area contributed by atoms with Crippen LogP contribution < -0.4 is 16.0 Å². The normalized spacial score (nSPS) is 23.0. The summed E-state index contributed by atoms with van der Waals surface area (Å²) in [4.78, 5) is 81.2. The number of rotatable bonds is 5. The molecule has 4 amide bonds. The number of nitrogens with zero attached hydrogens (tertiary/aromatic N) is 6. The molecule has 5 heterocycles. The molecule has 4 aromatic rings. The van der Waals surface area contributed by atoms with Gasteiger partial charge in [-0.05, 0) is 65.9 Å². The zero-order chi connectivity index (χ0) is 37.4. The van der Waals surface area contributed by atoms with E-state index in [2.05, 4.69) is 51.9 Å². The van der Waals surface area contributed by atoms with E-state index < -0.39 is 23.4 Å². The first kappa shape index (κ1) is 36.0. The standard InChI is InChI=1S/C37H38BrN9O6/c1-20(48)33-26-12-23(25-15-39-21(2)40-16-25)7-9-28(26)46(45-33)17-32(50)47-29-13-37(14-30(37)47)19-41-35(51)27(42-22(3)49)6-4-5-11-53-18-24-8-10-31(38)43-34(24)44-36(29)52/h4-5,7-10,12,15-16,27,29-30H,6,11,13-14,17-19H2,1-3H3,(H,41,51)(H,42,49)(H,43,44,52)/t27?,29-,30?,37?/m0/s1. The van der Waals surface area contributed by atoms with Crippen molar-refractivity contribution < 1.29 is 28.7 Å². The minimum atomic E-state index is -0.890. The van der Waals surface area contributed by atoms with Crippen LogP contribution in [-0.2, 0) is 37.1 Å². The Kier molecular flexibility index (Phi) is 9.91. The number of hydrogen-bond donors (Lipinski definition) is 3. The van der Waals surface area contributed by atoms with Crippen LogP contribution in [0.3, 0.4) is 0 Å². The number of ether oxygens (including phenoxy) is 1. The van der Waals surface area contributed by atoms with Gasteiger partial charge in [-0.1, -0.05) is 24.3 Å². The molecule has 4 atom stereocenters. The Morgan fingerprint density at radius 3 is 2.58 bits per heavy atom. The Morgan fingerprint density at radius 1 is 1.04 bits per heavy atom. The molecule has 1 saturated carbocycles. The summed E-state index contributed by atoms with van der Waals surface area (Å²) in [7, 11) is 0. The van der Waals surface area contributed by atoms with E-state index in [-0.39, 0.29) is 68.0 Å². The predicted octanol–water partition coefficient (Wildman–Crippen LogP) is 3.26. The van der Waals surface area contributed by atoms with Gasteiger partial charge in [0.1, 0.15) is 40.6 Å². The highest BCUT2D eigenvalue weighted by Gasteiger charge is 2.67. The van der Waals surface area contributed by atoms with Crippen LogP contribution in [0.15, 0.2) is 59.5 Å². The molecule has 0 radical (unpaired) electrons. The van der Waals surface area contributed by atoms with Crippen LogP contribution in [0.1, 0.15) is 55.0 Å². The Bertz CT molecular complexity index is 2170. The van der Waals surface area contributed by atoms with E-state index in [1.54, 1.807) is 54.6 Å². The van der Waals surface area contributed by atoms with Crippen molar-refractivity contribution in [3.05, 3.63) is 76.6 Å². The predicted molar refractivity (Wildman–Crippen MR) is 196 cm³/mol. The SMILES string of the molecule is CC(=O)NC1CC=CCOCc2ccc(Br)nc2NC(=O)[C@@H]2CC3(CNC1=O)CC3N2C(=O)Cn1nc(C(C)=O)c2cc(-c3cnc(C)nc3)ccc21. The fourth-order valence-corrected chi connectivity index (χ4v) is 7.56. The van der Waals surface area contributed by atoms with Crippen LogP contribution in [0.25, 0.3) is 22.0 Å². The van der Waals surface area contributed by atoms with Gasteiger partial charge in [0.2, 0.25) is 23.6 Å². The molecule has 7 rings (SSSR count). The van der Waals surface area contributed by atoms with E-state index in [9.17, 15) is 24.0 Å². The molecule has 1 spiro atoms. The molecular weight excluding hydrogens is 746 g/mol. The maximum atomic E-state index is 14.4. The fourth-order valence-electron chi connectivity index (χ4n) is 7.25. The topological polar surface area (TPSA) is 190 Å². The molecule has 1 aliphatic carbocycles. The van der Waals surface area contributed by atoms with Gasteiger partial charge in [-0.2, -0.15) is 5.10 Å². The molecule has 15 nitrogen and oxygen atoms in total. The average molecular weight is 785 g/mol. The lowest BCUT2D eigenvalue weighted by atomic mass is 9.98. The van der Waals surface area contributed by atoms with Crippen molar-refractivity contribution in [2.45, 2.75) is 71.3 Å². The largest absolute Gasteiger partial charge is 0.373 e. The zero-order valence-electron chi connectivity index (χ0n) is 29.4. The fraction of sp³-hybridized carbons (Fsp3) is 0.378. The lowest BCUT2D eigenvalue weighted by Gasteiger charge is -2.27. The van der Waals surface area contributed by atoms with Crippen molar-refractivity contribution in [1.82, 2.24) is 40.3 Å². The van der Waals surface area contributed by atoms with Crippen LogP contribution in [0.5, 0.6) is 0 Å². The summed E-state index contributed by atoms with van der Waals surface area (Å²) in [5, 5.41) is 13.8. The number of halogens is 1. The molecule has 3 aliphatic rings. The van der Waals surface area contributed by atoms with Crippen molar-refractivity contribution in [3.8, 4) is 11.1 Å². The second-order valence-electron chi connectivity index (χ2n) is 13.7. The number of aromatic nitrogens is 5. The van der Waals surface area contributed by atoms with E-state index in [0.717, 1.165) is 11.1 Å². The number of piperidine rings is 1. The van der Waals surface area contributed by atoms with Crippen LogP contribution >= 0.6 is 15.9 Å². The van der Waals surface area contributed by atoms with Gasteiger partial charge in [0.15, 0.2) is 5.78 Å². The van der Waals surface area contributed by atoms with Crippen LogP contribution in [0.4, 0.5) is 5.82 Å². The Balaban J connectivity index is 1.20. The summed E-state index contributed by atoms with van der Waals surface area (Å²) < 4.78 is 7.83. The minimum absolute atomic E-state index is 0.138. The zero-order valence-corrected chi connectivity index (χ0v) is 31.0. The number of likely N-dealkylation sites (tertiary alicyclic amines) is 1. The highest BCUT2D eigenvalue weighted by molar-refractivity contribution is 9.10. The highest BCUT2D eigenvalue weighted by atomic mass is 79.9. The molecule has 2 bridgehead atoms. The molecule has 2 aliphatic heterocycles. The smallest absolute Gasteiger partial charge is 0.248 e. The second kappa shape index (κ2) is 14.6. The monoisotopic (exact) mass is 783 g/mol. The number of anilines is 1. The van der Waals surface area contributed by atoms with Gasteiger partial charge in [-0.25, -0.2) is 15.0 Å². The van der Waals surface area contributed by atoms with Crippen LogP contribution in [0.2, 0.25) is 0 Å². The first-order valence-corrected chi connectivity index (χ1v) is 18.1. The molecule has 16 heteroatoms. The number of ketones is 1. The molecule has 274 valence electrons. The Hall–Kier alpha value is -5.35. The first-order valence-electron chi connectivity index (χ1n) is 17.3. The summed E-state index contributed by atoms with van der Waals surface area (Å²) >= 11 is 3.39. The summed E-state index contributed by atoms with van der Waals surface area (Å²) in [6.45, 7) is 4.91. The van der Waals surface area contributed by atoms with E-state index in [1.807, 2.05) is 12.1 Å². The van der Waals surface area contributed by atoms with Gasteiger partial charge in [0.05, 0.1) is 18.7 Å². The lowest BCUT2D eigenvalue weighted by molar-refractivity contribution is -0.138. The van der Waals surface area contributed by atoms with E-state index in [0.29, 0.717) is 45.6 Å². The number of hydrogen-bond acceptors (Lipinski definition) is 10. The van der Waals surface area contributed by atoms with Crippen molar-refractivity contribution in [1.29, 1.82) is 0 Å². The molecule has 1 aromatic carbocycles. The maximum Gasteiger partial charge on any atom is 0.248 e. The number of benzene rings is 1. The quantitative estimate of drug-likeness (QED) is 0.154. The number of Topliss-reactive ketones (excluding diaryl/α,β-unsaturated/α-hetero) is 1. The number of amides is 4. The molecule has 53 heavy (non-hydrogen) atoms. The number of pyridine rings is 1. The van der Waals surface area contributed by atoms with Crippen molar-refractivity contribution >= 4 is 62.1 Å². The summed E-state index contributed by atoms with van der Waals surface area (Å²) in [5.41, 5.74) is 2.44. The maximum absolute atomic E-state index is 14.4. The third-order valence-corrected chi connectivity index (χ3v) is 10.4. The van der Waals surface area contributed by atoms with Gasteiger partial charge in [-0.3, -0.25) is 28.7 Å². The van der Waals surface area contributed by atoms with Gasteiger partial charge < -0.3 is 25.6 Å². The second-order valence-corrected chi connectivity index (χ2v) is 14.6. The number of carbonyl (C=O) groups excluding carboxylic acids is 5. The Labute approximate surface area is 313 Å². The Morgan fingerprint density at radius 2 is 1.83 bits per heavy atom. The molecule has 3 aromatic heterocycles. The third kappa shape index (κ3) is 7.46.